The number of anilines is 1. The van der Waals surface area contributed by atoms with Crippen molar-refractivity contribution in [2.45, 2.75) is 20.3 Å². The second-order valence-electron chi connectivity index (χ2n) is 4.16. The number of aryl methyl sites for hydroxylation is 1. The number of hydrogen-bond donors (Lipinski definition) is 2. The molecular weight excluding hydrogens is 232 g/mol. The second-order valence-corrected chi connectivity index (χ2v) is 4.16. The van der Waals surface area contributed by atoms with Gasteiger partial charge in [0.1, 0.15) is 11.6 Å². The average molecular weight is 250 g/mol. The standard InChI is InChI=1S/C11H18N6O/c1-3-5-16(6-4-12)9-7-10-14-15-11(18)17(10)8(2)13-9/h7H,3-6,12H2,1-2H3,(H,15,18). The molecule has 0 atom stereocenters. The monoisotopic (exact) mass is 250 g/mol. The fraction of sp³-hybridized carbons (Fsp3) is 0.545. The maximum absolute atomic E-state index is 11.5. The maximum atomic E-state index is 11.5. The predicted molar refractivity (Wildman–Crippen MR) is 69.9 cm³/mol. The van der Waals surface area contributed by atoms with Gasteiger partial charge in [-0.2, -0.15) is 5.10 Å². The number of rotatable bonds is 5. The lowest BCUT2D eigenvalue weighted by Crippen LogP contribution is -2.31. The summed E-state index contributed by atoms with van der Waals surface area (Å²) in [6.07, 6.45) is 1.01. The third-order valence-electron chi connectivity index (χ3n) is 2.77. The van der Waals surface area contributed by atoms with Crippen LogP contribution in [0.4, 0.5) is 5.82 Å². The summed E-state index contributed by atoms with van der Waals surface area (Å²) < 4.78 is 1.45. The summed E-state index contributed by atoms with van der Waals surface area (Å²) in [5, 5.41) is 6.39. The molecule has 3 N–H and O–H groups in total. The predicted octanol–water partition coefficient (Wildman–Crippen LogP) is -0.0989. The summed E-state index contributed by atoms with van der Waals surface area (Å²) in [6, 6.07) is 1.80. The van der Waals surface area contributed by atoms with Crippen molar-refractivity contribution >= 4 is 11.5 Å². The molecule has 0 saturated heterocycles. The average Bonchev–Trinajstić information content (AvgIpc) is 2.71. The first-order valence-corrected chi connectivity index (χ1v) is 6.07. The van der Waals surface area contributed by atoms with E-state index in [1.54, 1.807) is 13.0 Å². The van der Waals surface area contributed by atoms with Gasteiger partial charge in [0, 0.05) is 25.7 Å². The Balaban J connectivity index is 2.47. The highest BCUT2D eigenvalue weighted by atomic mass is 16.1. The molecule has 2 rings (SSSR count). The van der Waals surface area contributed by atoms with E-state index < -0.39 is 0 Å². The number of nitrogens with one attached hydrogen (secondary N) is 1. The molecule has 0 aliphatic carbocycles. The number of aromatic nitrogens is 4. The van der Waals surface area contributed by atoms with Crippen LogP contribution in [0.15, 0.2) is 10.9 Å². The van der Waals surface area contributed by atoms with E-state index in [0.717, 1.165) is 25.3 Å². The van der Waals surface area contributed by atoms with Gasteiger partial charge in [-0.25, -0.2) is 19.3 Å². The molecule has 0 aliphatic heterocycles. The van der Waals surface area contributed by atoms with Crippen LogP contribution in [0.2, 0.25) is 0 Å². The molecule has 7 nitrogen and oxygen atoms in total. The Kier molecular flexibility index (Phi) is 3.61. The number of H-pyrrole nitrogens is 1. The Morgan fingerprint density at radius 1 is 1.50 bits per heavy atom. The van der Waals surface area contributed by atoms with Crippen molar-refractivity contribution in [2.75, 3.05) is 24.5 Å². The lowest BCUT2D eigenvalue weighted by atomic mass is 10.3. The fourth-order valence-electron chi connectivity index (χ4n) is 2.01. The van der Waals surface area contributed by atoms with Crippen LogP contribution in [0.5, 0.6) is 0 Å². The van der Waals surface area contributed by atoms with E-state index in [-0.39, 0.29) is 5.69 Å². The summed E-state index contributed by atoms with van der Waals surface area (Å²) >= 11 is 0. The van der Waals surface area contributed by atoms with E-state index in [1.165, 1.54) is 4.40 Å². The van der Waals surface area contributed by atoms with Crippen LogP contribution >= 0.6 is 0 Å². The molecule has 0 aromatic carbocycles. The van der Waals surface area contributed by atoms with Crippen molar-refractivity contribution < 1.29 is 0 Å². The quantitative estimate of drug-likeness (QED) is 0.773. The molecule has 0 fully saturated rings. The van der Waals surface area contributed by atoms with Crippen LogP contribution in [-0.4, -0.2) is 39.2 Å². The molecule has 2 heterocycles. The Morgan fingerprint density at radius 2 is 2.28 bits per heavy atom. The van der Waals surface area contributed by atoms with Crippen LogP contribution in [-0.2, 0) is 0 Å². The van der Waals surface area contributed by atoms with E-state index in [2.05, 4.69) is 27.0 Å². The van der Waals surface area contributed by atoms with Crippen molar-refractivity contribution in [2.24, 2.45) is 5.73 Å². The smallest absolute Gasteiger partial charge is 0.349 e. The third kappa shape index (κ3) is 2.21. The molecule has 7 heteroatoms. The first-order chi connectivity index (χ1) is 8.67. The molecular formula is C11H18N6O. The summed E-state index contributed by atoms with van der Waals surface area (Å²) in [6.45, 7) is 6.09. The van der Waals surface area contributed by atoms with Gasteiger partial charge < -0.3 is 10.6 Å². The molecule has 2 aromatic rings. The summed E-state index contributed by atoms with van der Waals surface area (Å²) in [7, 11) is 0. The van der Waals surface area contributed by atoms with Crippen LogP contribution in [0.25, 0.3) is 5.65 Å². The molecule has 0 saturated carbocycles. The molecule has 0 bridgehead atoms. The summed E-state index contributed by atoms with van der Waals surface area (Å²) in [4.78, 5) is 18.1. The normalized spacial score (nSPS) is 11.1. The largest absolute Gasteiger partial charge is 0.355 e. The van der Waals surface area contributed by atoms with Crippen molar-refractivity contribution in [3.63, 3.8) is 0 Å². The van der Waals surface area contributed by atoms with Gasteiger partial charge in [-0.15, -0.1) is 0 Å². The van der Waals surface area contributed by atoms with Crippen molar-refractivity contribution in [1.29, 1.82) is 0 Å². The highest BCUT2D eigenvalue weighted by molar-refractivity contribution is 5.51. The van der Waals surface area contributed by atoms with E-state index in [1.807, 2.05) is 0 Å². The molecule has 18 heavy (non-hydrogen) atoms. The van der Waals surface area contributed by atoms with Crippen LogP contribution < -0.4 is 16.3 Å². The van der Waals surface area contributed by atoms with Gasteiger partial charge in [-0.05, 0) is 13.3 Å². The van der Waals surface area contributed by atoms with Gasteiger partial charge in [-0.3, -0.25) is 0 Å². The van der Waals surface area contributed by atoms with Crippen LogP contribution in [0.1, 0.15) is 19.2 Å². The first-order valence-electron chi connectivity index (χ1n) is 6.07. The summed E-state index contributed by atoms with van der Waals surface area (Å²) in [5.41, 5.74) is 5.93. The van der Waals surface area contributed by atoms with Crippen molar-refractivity contribution in [3.05, 3.63) is 22.4 Å². The minimum absolute atomic E-state index is 0.262. The lowest BCUT2D eigenvalue weighted by Gasteiger charge is -2.22. The van der Waals surface area contributed by atoms with E-state index in [4.69, 9.17) is 5.73 Å². The van der Waals surface area contributed by atoms with Crippen LogP contribution in [0.3, 0.4) is 0 Å². The minimum atomic E-state index is -0.262. The van der Waals surface area contributed by atoms with Gasteiger partial charge in [0.15, 0.2) is 5.65 Å². The van der Waals surface area contributed by atoms with Gasteiger partial charge in [-0.1, -0.05) is 6.92 Å². The van der Waals surface area contributed by atoms with E-state index in [0.29, 0.717) is 18.0 Å². The van der Waals surface area contributed by atoms with Gasteiger partial charge in [0.05, 0.1) is 0 Å². The molecule has 0 radical (unpaired) electrons. The zero-order valence-corrected chi connectivity index (χ0v) is 10.7. The number of hydrogen-bond acceptors (Lipinski definition) is 5. The number of aromatic amines is 1. The Bertz CT molecular complexity index is 581. The molecule has 98 valence electrons. The Labute approximate surface area is 105 Å². The number of fused-ring (bicyclic) bond motifs is 1. The van der Waals surface area contributed by atoms with E-state index in [9.17, 15) is 4.79 Å². The Morgan fingerprint density at radius 3 is 2.94 bits per heavy atom. The zero-order valence-electron chi connectivity index (χ0n) is 10.7. The van der Waals surface area contributed by atoms with Gasteiger partial charge >= 0.3 is 5.69 Å². The molecule has 2 aromatic heterocycles. The Hall–Kier alpha value is -1.89. The molecule has 0 spiro atoms. The maximum Gasteiger partial charge on any atom is 0.349 e. The minimum Gasteiger partial charge on any atom is -0.355 e. The highest BCUT2D eigenvalue weighted by Gasteiger charge is 2.11. The summed E-state index contributed by atoms with van der Waals surface area (Å²) in [5.74, 6) is 1.44. The lowest BCUT2D eigenvalue weighted by molar-refractivity contribution is 0.744. The van der Waals surface area contributed by atoms with Crippen LogP contribution in [0, 0.1) is 6.92 Å². The zero-order chi connectivity index (χ0) is 13.1. The first kappa shape index (κ1) is 12.6. The SMILES string of the molecule is CCCN(CCN)c1cc2n[nH]c(=O)n2c(C)n1. The number of nitrogens with zero attached hydrogens (tertiary/aromatic N) is 4. The highest BCUT2D eigenvalue weighted by Crippen LogP contribution is 2.13. The molecule has 0 aliphatic rings. The fourth-order valence-corrected chi connectivity index (χ4v) is 2.01. The van der Waals surface area contributed by atoms with E-state index >= 15 is 0 Å². The van der Waals surface area contributed by atoms with Crippen molar-refractivity contribution in [3.8, 4) is 0 Å². The number of nitrogens with two attached hydrogens (primary N) is 1. The topological polar surface area (TPSA) is 92.3 Å². The third-order valence-corrected chi connectivity index (χ3v) is 2.77. The van der Waals surface area contributed by atoms with Crippen molar-refractivity contribution in [1.82, 2.24) is 19.6 Å². The molecule has 0 unspecified atom stereocenters. The van der Waals surface area contributed by atoms with Gasteiger partial charge in [0.2, 0.25) is 0 Å². The second kappa shape index (κ2) is 5.18. The van der Waals surface area contributed by atoms with Gasteiger partial charge in [0.25, 0.3) is 0 Å². The molecule has 0 amide bonds.